The van der Waals surface area contributed by atoms with E-state index in [2.05, 4.69) is 35.8 Å². The molecular weight excluding hydrogens is 198 g/mol. The molecule has 3 rings (SSSR count). The molecule has 0 amide bonds. The molecule has 2 aliphatic carbocycles. The van der Waals surface area contributed by atoms with E-state index in [-0.39, 0.29) is 0 Å². The van der Waals surface area contributed by atoms with E-state index in [0.717, 1.165) is 24.2 Å². The van der Waals surface area contributed by atoms with Crippen LogP contribution in [0.5, 0.6) is 0 Å². The zero-order valence-corrected chi connectivity index (χ0v) is 10.5. The summed E-state index contributed by atoms with van der Waals surface area (Å²) in [5.41, 5.74) is 2.68. The third-order valence-corrected chi connectivity index (χ3v) is 4.55. The smallest absolute Gasteiger partial charge is 0.0859 e. The first-order valence-corrected chi connectivity index (χ1v) is 6.61. The van der Waals surface area contributed by atoms with Gasteiger partial charge < -0.3 is 0 Å². The summed E-state index contributed by atoms with van der Waals surface area (Å²) in [7, 11) is 0. The molecule has 3 atom stereocenters. The zero-order valence-electron chi connectivity index (χ0n) is 10.5. The third-order valence-electron chi connectivity index (χ3n) is 4.55. The van der Waals surface area contributed by atoms with Gasteiger partial charge in [0.2, 0.25) is 0 Å². The van der Waals surface area contributed by atoms with Crippen LogP contribution < -0.4 is 0 Å². The fourth-order valence-electron chi connectivity index (χ4n) is 3.41. The molecule has 88 valence electrons. The maximum atomic E-state index is 4.37. The lowest BCUT2D eigenvalue weighted by atomic mass is 10.0. The first kappa shape index (κ1) is 10.3. The van der Waals surface area contributed by atoms with Crippen LogP contribution in [0, 0.1) is 17.8 Å². The second-order valence-corrected chi connectivity index (χ2v) is 5.79. The predicted octanol–water partition coefficient (Wildman–Crippen LogP) is 2.62. The normalized spacial score (nSPS) is 32.9. The summed E-state index contributed by atoms with van der Waals surface area (Å²) in [5.74, 6) is 2.94. The van der Waals surface area contributed by atoms with Crippen LogP contribution in [0.2, 0.25) is 0 Å². The fraction of sp³-hybridized carbons (Fsp3) is 0.846. The van der Waals surface area contributed by atoms with Gasteiger partial charge in [0.15, 0.2) is 0 Å². The quantitative estimate of drug-likeness (QED) is 0.727. The van der Waals surface area contributed by atoms with Gasteiger partial charge in [-0.05, 0) is 57.3 Å². The SMILES string of the molecule is CC1[C@H]2CCc3c(nnn3C(C)C)CC[C@@H]12. The lowest BCUT2D eigenvalue weighted by Gasteiger charge is -2.12. The van der Waals surface area contributed by atoms with Crippen molar-refractivity contribution in [3.63, 3.8) is 0 Å². The molecule has 0 radical (unpaired) electrons. The number of fused-ring (bicyclic) bond motifs is 2. The predicted molar refractivity (Wildman–Crippen MR) is 63.2 cm³/mol. The van der Waals surface area contributed by atoms with Gasteiger partial charge in [0.1, 0.15) is 0 Å². The van der Waals surface area contributed by atoms with Crippen LogP contribution in [-0.2, 0) is 12.8 Å². The summed E-state index contributed by atoms with van der Waals surface area (Å²) in [6.45, 7) is 6.79. The van der Waals surface area contributed by atoms with E-state index in [1.165, 1.54) is 30.7 Å². The standard InChI is InChI=1S/C13H21N3/c1-8(2)16-13-7-5-11-9(3)10(11)4-6-12(13)14-15-16/h8-11H,4-7H2,1-3H3/t9?,10-,11+/m0/s1. The molecule has 2 aliphatic rings. The first-order valence-electron chi connectivity index (χ1n) is 6.61. The molecule has 1 heterocycles. The molecule has 0 N–H and O–H groups in total. The fourth-order valence-corrected chi connectivity index (χ4v) is 3.41. The Morgan fingerprint density at radius 3 is 2.56 bits per heavy atom. The summed E-state index contributed by atoms with van der Waals surface area (Å²) in [6, 6.07) is 0.447. The van der Waals surface area contributed by atoms with Gasteiger partial charge in [0, 0.05) is 6.04 Å². The van der Waals surface area contributed by atoms with E-state index < -0.39 is 0 Å². The Kier molecular flexibility index (Phi) is 2.30. The molecule has 0 bridgehead atoms. The van der Waals surface area contributed by atoms with Crippen molar-refractivity contribution in [2.24, 2.45) is 17.8 Å². The van der Waals surface area contributed by atoms with Crippen molar-refractivity contribution in [1.29, 1.82) is 0 Å². The van der Waals surface area contributed by atoms with Gasteiger partial charge >= 0.3 is 0 Å². The monoisotopic (exact) mass is 219 g/mol. The average Bonchev–Trinajstić information content (AvgIpc) is 2.67. The van der Waals surface area contributed by atoms with Crippen molar-refractivity contribution in [3.8, 4) is 0 Å². The summed E-state index contributed by atoms with van der Waals surface area (Å²) in [4.78, 5) is 0. The van der Waals surface area contributed by atoms with Crippen LogP contribution in [0.25, 0.3) is 0 Å². The maximum absolute atomic E-state index is 4.37. The summed E-state index contributed by atoms with van der Waals surface area (Å²) >= 11 is 0. The van der Waals surface area contributed by atoms with Gasteiger partial charge in [-0.15, -0.1) is 5.10 Å². The maximum Gasteiger partial charge on any atom is 0.0859 e. The summed E-state index contributed by atoms with van der Waals surface area (Å²) < 4.78 is 2.13. The number of aromatic nitrogens is 3. The van der Waals surface area contributed by atoms with Crippen molar-refractivity contribution < 1.29 is 0 Å². The summed E-state index contributed by atoms with van der Waals surface area (Å²) in [6.07, 6.45) is 5.01. The minimum absolute atomic E-state index is 0.447. The van der Waals surface area contributed by atoms with Gasteiger partial charge in [-0.1, -0.05) is 12.1 Å². The first-order chi connectivity index (χ1) is 7.68. The minimum Gasteiger partial charge on any atom is -0.247 e. The Balaban J connectivity index is 1.87. The number of aryl methyl sites for hydroxylation is 1. The minimum atomic E-state index is 0.447. The molecule has 16 heavy (non-hydrogen) atoms. The molecule has 1 unspecified atom stereocenters. The molecule has 3 nitrogen and oxygen atoms in total. The highest BCUT2D eigenvalue weighted by atomic mass is 15.4. The van der Waals surface area contributed by atoms with Crippen LogP contribution >= 0.6 is 0 Å². The second-order valence-electron chi connectivity index (χ2n) is 5.79. The number of hydrogen-bond acceptors (Lipinski definition) is 2. The number of nitrogens with zero attached hydrogens (tertiary/aromatic N) is 3. The van der Waals surface area contributed by atoms with Gasteiger partial charge in [-0.3, -0.25) is 0 Å². The Labute approximate surface area is 97.2 Å². The molecule has 1 aromatic heterocycles. The van der Waals surface area contributed by atoms with Crippen molar-refractivity contribution in [3.05, 3.63) is 11.4 Å². The van der Waals surface area contributed by atoms with Crippen LogP contribution in [0.3, 0.4) is 0 Å². The third kappa shape index (κ3) is 1.48. The highest BCUT2D eigenvalue weighted by Gasteiger charge is 2.46. The van der Waals surface area contributed by atoms with Crippen molar-refractivity contribution in [2.45, 2.75) is 52.5 Å². The molecular formula is C13H21N3. The lowest BCUT2D eigenvalue weighted by molar-refractivity contribution is 0.481. The Morgan fingerprint density at radius 2 is 1.88 bits per heavy atom. The van der Waals surface area contributed by atoms with E-state index >= 15 is 0 Å². The highest BCUT2D eigenvalue weighted by molar-refractivity contribution is 5.15. The molecule has 1 saturated carbocycles. The Morgan fingerprint density at radius 1 is 1.19 bits per heavy atom. The van der Waals surface area contributed by atoms with E-state index in [4.69, 9.17) is 0 Å². The zero-order chi connectivity index (χ0) is 11.3. The van der Waals surface area contributed by atoms with Crippen molar-refractivity contribution in [2.75, 3.05) is 0 Å². The van der Waals surface area contributed by atoms with Crippen LogP contribution in [0.15, 0.2) is 0 Å². The number of rotatable bonds is 1. The highest BCUT2D eigenvalue weighted by Crippen LogP contribution is 2.52. The van der Waals surface area contributed by atoms with Crippen molar-refractivity contribution in [1.82, 2.24) is 15.0 Å². The average molecular weight is 219 g/mol. The molecule has 0 saturated heterocycles. The Hall–Kier alpha value is -0.860. The molecule has 0 aliphatic heterocycles. The molecule has 1 fully saturated rings. The van der Waals surface area contributed by atoms with Crippen molar-refractivity contribution >= 4 is 0 Å². The van der Waals surface area contributed by atoms with Gasteiger partial charge in [-0.25, -0.2) is 4.68 Å². The van der Waals surface area contributed by atoms with Crippen LogP contribution in [-0.4, -0.2) is 15.0 Å². The van der Waals surface area contributed by atoms with E-state index in [1.807, 2.05) is 0 Å². The largest absolute Gasteiger partial charge is 0.247 e. The second kappa shape index (κ2) is 3.57. The molecule has 0 aromatic carbocycles. The van der Waals surface area contributed by atoms with Crippen LogP contribution in [0.4, 0.5) is 0 Å². The Bertz CT molecular complexity index is 394. The topological polar surface area (TPSA) is 30.7 Å². The lowest BCUT2D eigenvalue weighted by Crippen LogP contribution is -2.10. The molecule has 3 heteroatoms. The van der Waals surface area contributed by atoms with Gasteiger partial charge in [0.05, 0.1) is 11.4 Å². The van der Waals surface area contributed by atoms with E-state index in [0.29, 0.717) is 6.04 Å². The van der Waals surface area contributed by atoms with Gasteiger partial charge in [-0.2, -0.15) is 0 Å². The van der Waals surface area contributed by atoms with Crippen LogP contribution in [0.1, 0.15) is 51.0 Å². The van der Waals surface area contributed by atoms with E-state index in [1.54, 1.807) is 0 Å². The van der Waals surface area contributed by atoms with E-state index in [9.17, 15) is 0 Å². The number of hydrogen-bond donors (Lipinski definition) is 0. The molecule has 0 spiro atoms. The summed E-state index contributed by atoms with van der Waals surface area (Å²) in [5, 5.41) is 8.68. The van der Waals surface area contributed by atoms with Gasteiger partial charge in [0.25, 0.3) is 0 Å². The molecule has 1 aromatic rings.